The van der Waals surface area contributed by atoms with Gasteiger partial charge in [0, 0.05) is 34.8 Å². The molecule has 1 saturated heterocycles. The Labute approximate surface area is 183 Å². The van der Waals surface area contributed by atoms with Crippen LogP contribution in [0.1, 0.15) is 36.8 Å². The number of hydrogen-bond donors (Lipinski definition) is 1. The van der Waals surface area contributed by atoms with Crippen LogP contribution in [0.2, 0.25) is 5.02 Å². The molecule has 1 spiro atoms. The fraction of sp³-hybridized carbons (Fsp3) is 0.435. The highest BCUT2D eigenvalue weighted by atomic mass is 35.5. The lowest BCUT2D eigenvalue weighted by Crippen LogP contribution is -2.53. The Morgan fingerprint density at radius 2 is 1.71 bits per heavy atom. The lowest BCUT2D eigenvalue weighted by atomic mass is 9.74. The van der Waals surface area contributed by atoms with E-state index in [0.29, 0.717) is 36.2 Å². The number of benzene rings is 2. The molecule has 4 nitrogen and oxygen atoms in total. The highest BCUT2D eigenvalue weighted by molar-refractivity contribution is 6.30. The molecule has 2 heterocycles. The number of anilines is 1. The average Bonchev–Trinajstić information content (AvgIpc) is 3.49. The van der Waals surface area contributed by atoms with E-state index in [9.17, 15) is 18.0 Å². The van der Waals surface area contributed by atoms with E-state index in [2.05, 4.69) is 10.2 Å². The van der Waals surface area contributed by atoms with E-state index in [4.69, 9.17) is 16.3 Å². The zero-order valence-corrected chi connectivity index (χ0v) is 17.5. The quantitative estimate of drug-likeness (QED) is 0.694. The first-order valence-corrected chi connectivity index (χ1v) is 10.8. The molecule has 0 radical (unpaired) electrons. The Bertz CT molecular complexity index is 1010. The molecule has 8 heteroatoms. The number of carbonyl (C=O) groups excluding carboxylic acids is 1. The highest BCUT2D eigenvalue weighted by Crippen LogP contribution is 2.51. The molecular weight excluding hydrogens is 429 g/mol. The minimum absolute atomic E-state index is 0.0105. The smallest absolute Gasteiger partial charge is 0.416 e. The van der Waals surface area contributed by atoms with Gasteiger partial charge in [-0.3, -0.25) is 9.69 Å². The molecule has 1 aliphatic carbocycles. The van der Waals surface area contributed by atoms with Crippen molar-refractivity contribution in [2.24, 2.45) is 0 Å². The van der Waals surface area contributed by atoms with Crippen molar-refractivity contribution < 1.29 is 22.7 Å². The number of carbonyl (C=O) groups is 1. The Morgan fingerprint density at radius 3 is 2.32 bits per heavy atom. The van der Waals surface area contributed by atoms with Crippen molar-refractivity contribution in [2.75, 3.05) is 25.0 Å². The summed E-state index contributed by atoms with van der Waals surface area (Å²) in [6, 6.07) is 10.9. The van der Waals surface area contributed by atoms with E-state index in [-0.39, 0.29) is 11.3 Å². The monoisotopic (exact) mass is 450 g/mol. The minimum Gasteiger partial charge on any atom is -0.492 e. The maximum Gasteiger partial charge on any atom is 0.416 e. The zero-order chi connectivity index (χ0) is 21.9. The molecule has 2 aliphatic heterocycles. The molecule has 0 aromatic heterocycles. The van der Waals surface area contributed by atoms with E-state index in [1.54, 1.807) is 30.3 Å². The van der Waals surface area contributed by atoms with Gasteiger partial charge in [0.1, 0.15) is 11.3 Å². The van der Waals surface area contributed by atoms with Crippen molar-refractivity contribution >= 4 is 23.2 Å². The minimum atomic E-state index is -4.38. The van der Waals surface area contributed by atoms with Crippen LogP contribution in [0.3, 0.4) is 0 Å². The van der Waals surface area contributed by atoms with E-state index in [1.807, 2.05) is 0 Å². The standard InChI is InChI=1S/C23H22ClF3N2O2/c24-16-2-4-17(5-3-16)28-20(30)22(7-8-22)29-11-9-21(10-12-29)14-31-19-13-15(23(25,26)27)1-6-18(19)21/h1-6,13H,7-12,14H2,(H,28,30). The molecule has 31 heavy (non-hydrogen) atoms. The second-order valence-corrected chi connectivity index (χ2v) is 9.19. The van der Waals surface area contributed by atoms with Gasteiger partial charge >= 0.3 is 6.18 Å². The molecule has 0 bridgehead atoms. The van der Waals surface area contributed by atoms with Gasteiger partial charge in [0.05, 0.1) is 12.2 Å². The molecule has 3 aliphatic rings. The molecular formula is C23H22ClF3N2O2. The first kappa shape index (κ1) is 20.6. The molecule has 2 aromatic rings. The van der Waals surface area contributed by atoms with Gasteiger partial charge in [-0.25, -0.2) is 0 Å². The summed E-state index contributed by atoms with van der Waals surface area (Å²) in [6.45, 7) is 1.80. The molecule has 164 valence electrons. The van der Waals surface area contributed by atoms with Gasteiger partial charge in [0.25, 0.3) is 0 Å². The number of piperidine rings is 1. The van der Waals surface area contributed by atoms with Crippen molar-refractivity contribution in [2.45, 2.75) is 42.8 Å². The molecule has 5 rings (SSSR count). The van der Waals surface area contributed by atoms with Gasteiger partial charge in [0.2, 0.25) is 5.91 Å². The summed E-state index contributed by atoms with van der Waals surface area (Å²) in [6.07, 6.45) is -1.26. The largest absolute Gasteiger partial charge is 0.492 e. The van der Waals surface area contributed by atoms with Gasteiger partial charge in [-0.15, -0.1) is 0 Å². The Hall–Kier alpha value is -2.25. The summed E-state index contributed by atoms with van der Waals surface area (Å²) in [4.78, 5) is 15.2. The number of rotatable bonds is 3. The van der Waals surface area contributed by atoms with Crippen LogP contribution in [0.5, 0.6) is 5.75 Å². The van der Waals surface area contributed by atoms with Crippen molar-refractivity contribution in [3.8, 4) is 5.75 Å². The number of nitrogens with zero attached hydrogens (tertiary/aromatic N) is 1. The van der Waals surface area contributed by atoms with E-state index < -0.39 is 17.3 Å². The van der Waals surface area contributed by atoms with Crippen LogP contribution in [0.4, 0.5) is 18.9 Å². The number of amides is 1. The first-order valence-electron chi connectivity index (χ1n) is 10.4. The third-order valence-corrected chi connectivity index (χ3v) is 7.21. The summed E-state index contributed by atoms with van der Waals surface area (Å²) < 4.78 is 44.8. The van der Waals surface area contributed by atoms with E-state index >= 15 is 0 Å². The van der Waals surface area contributed by atoms with Gasteiger partial charge < -0.3 is 10.1 Å². The molecule has 0 unspecified atom stereocenters. The summed E-state index contributed by atoms with van der Waals surface area (Å²) in [5.74, 6) is 0.327. The SMILES string of the molecule is O=C(Nc1ccc(Cl)cc1)C1(N2CCC3(CC2)COc2cc(C(F)(F)F)ccc23)CC1. The number of fused-ring (bicyclic) bond motifs is 2. The van der Waals surface area contributed by atoms with Crippen LogP contribution in [0, 0.1) is 0 Å². The number of ether oxygens (including phenoxy) is 1. The summed E-state index contributed by atoms with van der Waals surface area (Å²) in [5.41, 5.74) is 0.113. The van der Waals surface area contributed by atoms with Crippen LogP contribution in [-0.2, 0) is 16.4 Å². The topological polar surface area (TPSA) is 41.6 Å². The van der Waals surface area contributed by atoms with E-state index in [0.717, 1.165) is 43.4 Å². The van der Waals surface area contributed by atoms with Crippen molar-refractivity contribution in [1.82, 2.24) is 4.90 Å². The molecule has 2 aromatic carbocycles. The lowest BCUT2D eigenvalue weighted by molar-refractivity contribution is -0.137. The number of alkyl halides is 3. The van der Waals surface area contributed by atoms with Crippen molar-refractivity contribution in [3.05, 3.63) is 58.6 Å². The zero-order valence-electron chi connectivity index (χ0n) is 16.8. The molecule has 1 amide bonds. The fourth-order valence-corrected chi connectivity index (χ4v) is 5.04. The molecule has 0 atom stereocenters. The molecule has 1 N–H and O–H groups in total. The van der Waals surface area contributed by atoms with Gasteiger partial charge in [0.15, 0.2) is 0 Å². The number of halogens is 4. The normalized spacial score (nSPS) is 21.4. The highest BCUT2D eigenvalue weighted by Gasteiger charge is 2.57. The molecule has 2 fully saturated rings. The van der Waals surface area contributed by atoms with Crippen LogP contribution < -0.4 is 10.1 Å². The second-order valence-electron chi connectivity index (χ2n) is 8.76. The number of likely N-dealkylation sites (tertiary alicyclic amines) is 1. The van der Waals surface area contributed by atoms with Gasteiger partial charge in [-0.1, -0.05) is 17.7 Å². The van der Waals surface area contributed by atoms with Gasteiger partial charge in [-0.05, 0) is 62.1 Å². The van der Waals surface area contributed by atoms with Crippen molar-refractivity contribution in [3.63, 3.8) is 0 Å². The van der Waals surface area contributed by atoms with E-state index in [1.165, 1.54) is 0 Å². The van der Waals surface area contributed by atoms with Gasteiger partial charge in [-0.2, -0.15) is 13.2 Å². The maximum absolute atomic E-state index is 13.0. The Kier molecular flexibility index (Phi) is 4.75. The van der Waals surface area contributed by atoms with Crippen molar-refractivity contribution in [1.29, 1.82) is 0 Å². The van der Waals surface area contributed by atoms with Crippen LogP contribution in [0.25, 0.3) is 0 Å². The predicted octanol–water partition coefficient (Wildman–Crippen LogP) is 5.26. The number of hydrogen-bond acceptors (Lipinski definition) is 3. The van der Waals surface area contributed by atoms with Crippen LogP contribution in [-0.4, -0.2) is 36.0 Å². The third kappa shape index (κ3) is 3.57. The molecule has 1 saturated carbocycles. The average molecular weight is 451 g/mol. The summed E-state index contributed by atoms with van der Waals surface area (Å²) >= 11 is 5.91. The second kappa shape index (κ2) is 7.14. The summed E-state index contributed by atoms with van der Waals surface area (Å²) in [5, 5.41) is 3.61. The predicted molar refractivity (Wildman–Crippen MR) is 111 cm³/mol. The van der Waals surface area contributed by atoms with Crippen LogP contribution >= 0.6 is 11.6 Å². The van der Waals surface area contributed by atoms with Crippen LogP contribution in [0.15, 0.2) is 42.5 Å². The Morgan fingerprint density at radius 1 is 1.03 bits per heavy atom. The fourth-order valence-electron chi connectivity index (χ4n) is 4.91. The number of nitrogens with one attached hydrogen (secondary N) is 1. The lowest BCUT2D eigenvalue weighted by Gasteiger charge is -2.42. The summed E-state index contributed by atoms with van der Waals surface area (Å²) in [7, 11) is 0. The Balaban J connectivity index is 1.28. The maximum atomic E-state index is 13.0. The first-order chi connectivity index (χ1) is 14.7. The third-order valence-electron chi connectivity index (χ3n) is 6.96.